The fourth-order valence-electron chi connectivity index (χ4n) is 3.15. The number of carbonyl (C=O) groups excluding carboxylic acids is 1. The highest BCUT2D eigenvalue weighted by molar-refractivity contribution is 5.79. The van der Waals surface area contributed by atoms with Gasteiger partial charge in [-0.2, -0.15) is 0 Å². The van der Waals surface area contributed by atoms with Crippen molar-refractivity contribution in [1.82, 2.24) is 9.88 Å². The average Bonchev–Trinajstić information content (AvgIpc) is 2.48. The molecule has 5 heteroatoms. The fourth-order valence-corrected chi connectivity index (χ4v) is 3.15. The second-order valence-electron chi connectivity index (χ2n) is 6.19. The number of hydrogen-bond donors (Lipinski definition) is 2. The number of piperidine rings is 1. The van der Waals surface area contributed by atoms with Crippen LogP contribution in [0.5, 0.6) is 0 Å². The average molecular weight is 299 g/mol. The van der Waals surface area contributed by atoms with Crippen LogP contribution in [0, 0.1) is 12.8 Å². The molecule has 0 unspecified atom stereocenters. The summed E-state index contributed by atoms with van der Waals surface area (Å²) < 4.78 is 0. The van der Waals surface area contributed by atoms with Crippen LogP contribution in [0.3, 0.4) is 0 Å². The minimum atomic E-state index is -0.243. The van der Waals surface area contributed by atoms with E-state index < -0.39 is 0 Å². The van der Waals surface area contributed by atoms with Gasteiger partial charge < -0.3 is 10.7 Å². The lowest BCUT2D eigenvalue weighted by Gasteiger charge is -2.30. The molecule has 3 rings (SSSR count). The van der Waals surface area contributed by atoms with Crippen LogP contribution in [0.25, 0.3) is 10.9 Å². The van der Waals surface area contributed by atoms with Gasteiger partial charge in [-0.05, 0) is 49.4 Å². The third kappa shape index (κ3) is 3.04. The van der Waals surface area contributed by atoms with Gasteiger partial charge in [0.1, 0.15) is 0 Å². The quantitative estimate of drug-likeness (QED) is 0.902. The first-order valence-corrected chi connectivity index (χ1v) is 7.67. The van der Waals surface area contributed by atoms with Crippen molar-refractivity contribution >= 4 is 16.8 Å². The minimum absolute atomic E-state index is 0.0562. The van der Waals surface area contributed by atoms with E-state index in [2.05, 4.69) is 9.88 Å². The van der Waals surface area contributed by atoms with Gasteiger partial charge in [-0.25, -0.2) is 0 Å². The number of pyridine rings is 1. The van der Waals surface area contributed by atoms with Crippen molar-refractivity contribution in [2.75, 3.05) is 13.1 Å². The lowest BCUT2D eigenvalue weighted by atomic mass is 9.97. The van der Waals surface area contributed by atoms with Crippen molar-refractivity contribution in [1.29, 1.82) is 0 Å². The highest BCUT2D eigenvalue weighted by Crippen LogP contribution is 2.19. The van der Waals surface area contributed by atoms with Gasteiger partial charge >= 0.3 is 0 Å². The second-order valence-corrected chi connectivity index (χ2v) is 6.19. The maximum Gasteiger partial charge on any atom is 0.252 e. The van der Waals surface area contributed by atoms with E-state index in [0.717, 1.165) is 41.4 Å². The third-order valence-corrected chi connectivity index (χ3v) is 4.38. The molecule has 1 amide bonds. The number of aryl methyl sites for hydroxylation is 1. The molecule has 22 heavy (non-hydrogen) atoms. The first kappa shape index (κ1) is 14.8. The lowest BCUT2D eigenvalue weighted by molar-refractivity contribution is -0.123. The number of primary amides is 1. The standard InChI is InChI=1S/C17H21N3O2/c1-11-4-5-12-8-14(17(22)19-15(12)7-11)10-20-6-2-3-13(9-20)16(18)21/h4-5,7-8,13H,2-3,6,9-10H2,1H3,(H2,18,21)(H,19,22)/t13-/m1/s1. The SMILES string of the molecule is Cc1ccc2cc(CN3CCC[C@@H](C(N)=O)C3)c(=O)[nH]c2c1. The van der Waals surface area contributed by atoms with Crippen molar-refractivity contribution in [2.24, 2.45) is 11.7 Å². The van der Waals surface area contributed by atoms with Gasteiger partial charge in [0.15, 0.2) is 0 Å². The van der Waals surface area contributed by atoms with E-state index in [9.17, 15) is 9.59 Å². The maximum absolute atomic E-state index is 12.3. The number of nitrogens with zero attached hydrogens (tertiary/aromatic N) is 1. The predicted molar refractivity (Wildman–Crippen MR) is 86.5 cm³/mol. The van der Waals surface area contributed by atoms with E-state index in [0.29, 0.717) is 13.1 Å². The summed E-state index contributed by atoms with van der Waals surface area (Å²) in [4.78, 5) is 28.7. The summed E-state index contributed by atoms with van der Waals surface area (Å²) in [6, 6.07) is 7.98. The molecular formula is C17H21N3O2. The summed E-state index contributed by atoms with van der Waals surface area (Å²) in [5.41, 5.74) is 8.07. The molecule has 0 saturated carbocycles. The van der Waals surface area contributed by atoms with Crippen LogP contribution in [-0.4, -0.2) is 28.9 Å². The molecule has 0 aliphatic carbocycles. The largest absolute Gasteiger partial charge is 0.369 e. The number of rotatable bonds is 3. The molecule has 0 radical (unpaired) electrons. The van der Waals surface area contributed by atoms with Gasteiger partial charge in [-0.1, -0.05) is 12.1 Å². The number of amides is 1. The normalized spacial score (nSPS) is 19.4. The molecule has 1 atom stereocenters. The molecule has 1 aliphatic heterocycles. The molecule has 1 aromatic carbocycles. The number of aromatic nitrogens is 1. The van der Waals surface area contributed by atoms with E-state index >= 15 is 0 Å². The summed E-state index contributed by atoms with van der Waals surface area (Å²) in [5.74, 6) is -0.344. The van der Waals surface area contributed by atoms with Gasteiger partial charge in [0, 0.05) is 24.2 Å². The van der Waals surface area contributed by atoms with Crippen molar-refractivity contribution in [3.8, 4) is 0 Å². The first-order valence-electron chi connectivity index (χ1n) is 7.67. The summed E-state index contributed by atoms with van der Waals surface area (Å²) in [6.45, 7) is 4.10. The molecule has 0 spiro atoms. The Hall–Kier alpha value is -2.14. The zero-order valence-corrected chi connectivity index (χ0v) is 12.8. The molecule has 1 aromatic heterocycles. The Morgan fingerprint density at radius 3 is 3.00 bits per heavy atom. The van der Waals surface area contributed by atoms with Gasteiger partial charge in [0.05, 0.1) is 5.92 Å². The fraction of sp³-hybridized carbons (Fsp3) is 0.412. The number of carbonyl (C=O) groups is 1. The van der Waals surface area contributed by atoms with Crippen molar-refractivity contribution in [3.05, 3.63) is 45.7 Å². The first-order chi connectivity index (χ1) is 10.5. The molecule has 5 nitrogen and oxygen atoms in total. The lowest BCUT2D eigenvalue weighted by Crippen LogP contribution is -2.41. The predicted octanol–water partition coefficient (Wildman–Crippen LogP) is 1.53. The van der Waals surface area contributed by atoms with Crippen molar-refractivity contribution < 1.29 is 4.79 Å². The smallest absolute Gasteiger partial charge is 0.252 e. The van der Waals surface area contributed by atoms with Crippen LogP contribution in [-0.2, 0) is 11.3 Å². The van der Waals surface area contributed by atoms with Gasteiger partial charge in [-0.15, -0.1) is 0 Å². The summed E-state index contributed by atoms with van der Waals surface area (Å²) in [7, 11) is 0. The molecule has 1 fully saturated rings. The zero-order chi connectivity index (χ0) is 15.7. The highest BCUT2D eigenvalue weighted by atomic mass is 16.1. The number of H-pyrrole nitrogens is 1. The van der Waals surface area contributed by atoms with Gasteiger partial charge in [0.25, 0.3) is 5.56 Å². The second kappa shape index (κ2) is 5.93. The van der Waals surface area contributed by atoms with E-state index in [1.165, 1.54) is 0 Å². The topological polar surface area (TPSA) is 79.2 Å². The van der Waals surface area contributed by atoms with Crippen molar-refractivity contribution in [3.63, 3.8) is 0 Å². The Balaban J connectivity index is 1.84. The van der Waals surface area contributed by atoms with E-state index in [1.54, 1.807) is 0 Å². The molecule has 2 heterocycles. The van der Waals surface area contributed by atoms with E-state index in [4.69, 9.17) is 5.73 Å². The Labute approximate surface area is 129 Å². The Kier molecular flexibility index (Phi) is 3.98. The van der Waals surface area contributed by atoms with Crippen LogP contribution in [0.1, 0.15) is 24.0 Å². The molecule has 3 N–H and O–H groups in total. The summed E-state index contributed by atoms with van der Waals surface area (Å²) >= 11 is 0. The van der Waals surface area contributed by atoms with Gasteiger partial charge in [-0.3, -0.25) is 14.5 Å². The molecule has 2 aromatic rings. The number of hydrogen-bond acceptors (Lipinski definition) is 3. The molecule has 1 saturated heterocycles. The monoisotopic (exact) mass is 299 g/mol. The van der Waals surface area contributed by atoms with E-state index in [1.807, 2.05) is 31.2 Å². The number of nitrogens with two attached hydrogens (primary N) is 1. The highest BCUT2D eigenvalue weighted by Gasteiger charge is 2.24. The number of fused-ring (bicyclic) bond motifs is 1. The zero-order valence-electron chi connectivity index (χ0n) is 12.8. The van der Waals surface area contributed by atoms with Gasteiger partial charge in [0.2, 0.25) is 5.91 Å². The maximum atomic E-state index is 12.3. The molecule has 1 aliphatic rings. The number of likely N-dealkylation sites (tertiary alicyclic amines) is 1. The Morgan fingerprint density at radius 1 is 1.41 bits per heavy atom. The number of aromatic amines is 1. The Morgan fingerprint density at radius 2 is 2.23 bits per heavy atom. The summed E-state index contributed by atoms with van der Waals surface area (Å²) in [5, 5.41) is 1.03. The van der Waals surface area contributed by atoms with Crippen LogP contribution < -0.4 is 11.3 Å². The number of benzene rings is 1. The van der Waals surface area contributed by atoms with Crippen LogP contribution in [0.2, 0.25) is 0 Å². The van der Waals surface area contributed by atoms with Crippen molar-refractivity contribution in [2.45, 2.75) is 26.3 Å². The minimum Gasteiger partial charge on any atom is -0.369 e. The Bertz CT molecular complexity index is 766. The molecule has 0 bridgehead atoms. The third-order valence-electron chi connectivity index (χ3n) is 4.38. The number of nitrogens with one attached hydrogen (secondary N) is 1. The van der Waals surface area contributed by atoms with E-state index in [-0.39, 0.29) is 17.4 Å². The van der Waals surface area contributed by atoms with Crippen LogP contribution in [0.4, 0.5) is 0 Å². The van der Waals surface area contributed by atoms with Crippen LogP contribution >= 0.6 is 0 Å². The molecule has 116 valence electrons. The summed E-state index contributed by atoms with van der Waals surface area (Å²) in [6.07, 6.45) is 1.79. The van der Waals surface area contributed by atoms with Crippen LogP contribution in [0.15, 0.2) is 29.1 Å². The molecular weight excluding hydrogens is 278 g/mol.